The van der Waals surface area contributed by atoms with Crippen LogP contribution in [0.1, 0.15) is 24.4 Å². The monoisotopic (exact) mass is 315 g/mol. The standard InChI is InChI=1S/C15H23Cl2N3/c1-19(2)11-6-8-20(10-11)9-7-14(18)12-4-3-5-13(16)15(12)17/h3-5,11,14H,6-10,18H2,1-2H3. The van der Waals surface area contributed by atoms with Crippen LogP contribution in [0.15, 0.2) is 18.2 Å². The maximum Gasteiger partial charge on any atom is 0.0640 e. The Kier molecular flexibility index (Phi) is 5.70. The molecule has 1 fully saturated rings. The Balaban J connectivity index is 1.87. The second-order valence-corrected chi connectivity index (χ2v) is 6.53. The molecule has 1 aromatic rings. The lowest BCUT2D eigenvalue weighted by atomic mass is 10.0. The van der Waals surface area contributed by atoms with E-state index in [0.717, 1.165) is 31.6 Å². The number of nitrogens with zero attached hydrogens (tertiary/aromatic N) is 2. The van der Waals surface area contributed by atoms with Crippen LogP contribution in [0.4, 0.5) is 0 Å². The minimum atomic E-state index is -0.0559. The number of likely N-dealkylation sites (N-methyl/N-ethyl adjacent to an activating group) is 1. The van der Waals surface area contributed by atoms with E-state index in [1.54, 1.807) is 6.07 Å². The summed E-state index contributed by atoms with van der Waals surface area (Å²) >= 11 is 12.3. The highest BCUT2D eigenvalue weighted by Crippen LogP contribution is 2.30. The summed E-state index contributed by atoms with van der Waals surface area (Å²) < 4.78 is 0. The number of nitrogens with two attached hydrogens (primary N) is 1. The van der Waals surface area contributed by atoms with Gasteiger partial charge in [-0.1, -0.05) is 35.3 Å². The molecule has 0 aliphatic carbocycles. The molecular formula is C15H23Cl2N3. The second-order valence-electron chi connectivity index (χ2n) is 5.74. The van der Waals surface area contributed by atoms with Crippen molar-refractivity contribution >= 4 is 23.2 Å². The zero-order valence-corrected chi connectivity index (χ0v) is 13.7. The van der Waals surface area contributed by atoms with E-state index in [2.05, 4.69) is 23.9 Å². The average molecular weight is 316 g/mol. The highest BCUT2D eigenvalue weighted by atomic mass is 35.5. The van der Waals surface area contributed by atoms with Crippen molar-refractivity contribution in [1.82, 2.24) is 9.80 Å². The van der Waals surface area contributed by atoms with E-state index < -0.39 is 0 Å². The zero-order valence-electron chi connectivity index (χ0n) is 12.1. The van der Waals surface area contributed by atoms with E-state index in [1.165, 1.54) is 6.42 Å². The zero-order chi connectivity index (χ0) is 14.7. The first-order valence-corrected chi connectivity index (χ1v) is 7.83. The lowest BCUT2D eigenvalue weighted by Gasteiger charge is -2.22. The Hall–Kier alpha value is -0.320. The van der Waals surface area contributed by atoms with Crippen LogP contribution in [-0.2, 0) is 0 Å². The fourth-order valence-corrected chi connectivity index (χ4v) is 3.17. The third kappa shape index (κ3) is 3.86. The number of likely N-dealkylation sites (tertiary alicyclic amines) is 1. The Labute approximate surface area is 131 Å². The van der Waals surface area contributed by atoms with Crippen LogP contribution in [0, 0.1) is 0 Å². The van der Waals surface area contributed by atoms with Gasteiger partial charge in [-0.2, -0.15) is 0 Å². The van der Waals surface area contributed by atoms with Crippen LogP contribution < -0.4 is 5.73 Å². The van der Waals surface area contributed by atoms with Gasteiger partial charge >= 0.3 is 0 Å². The third-order valence-corrected chi connectivity index (χ3v) is 4.95. The maximum atomic E-state index is 6.26. The number of halogens is 2. The van der Waals surface area contributed by atoms with Crippen molar-refractivity contribution in [3.05, 3.63) is 33.8 Å². The molecule has 0 spiro atoms. The van der Waals surface area contributed by atoms with Crippen molar-refractivity contribution < 1.29 is 0 Å². The summed E-state index contributed by atoms with van der Waals surface area (Å²) in [4.78, 5) is 4.77. The molecule has 1 aromatic carbocycles. The molecule has 0 radical (unpaired) electrons. The van der Waals surface area contributed by atoms with Crippen molar-refractivity contribution in [3.8, 4) is 0 Å². The van der Waals surface area contributed by atoms with Crippen LogP contribution in [0.25, 0.3) is 0 Å². The lowest BCUT2D eigenvalue weighted by molar-refractivity contribution is 0.263. The molecule has 0 aromatic heterocycles. The third-order valence-electron chi connectivity index (χ3n) is 4.12. The Bertz CT molecular complexity index is 451. The van der Waals surface area contributed by atoms with Crippen molar-refractivity contribution in [2.75, 3.05) is 33.7 Å². The van der Waals surface area contributed by atoms with Crippen LogP contribution in [0.3, 0.4) is 0 Å². The van der Waals surface area contributed by atoms with Gasteiger partial charge < -0.3 is 15.5 Å². The first-order chi connectivity index (χ1) is 9.49. The molecule has 1 heterocycles. The van der Waals surface area contributed by atoms with E-state index in [9.17, 15) is 0 Å². The van der Waals surface area contributed by atoms with E-state index in [4.69, 9.17) is 28.9 Å². The predicted octanol–water partition coefficient (Wildman–Crippen LogP) is 3.02. The number of hydrogen-bond donors (Lipinski definition) is 1. The normalized spacial score (nSPS) is 21.6. The van der Waals surface area contributed by atoms with Crippen molar-refractivity contribution in [2.45, 2.75) is 24.9 Å². The summed E-state index contributed by atoms with van der Waals surface area (Å²) in [6.45, 7) is 3.29. The average Bonchev–Trinajstić information content (AvgIpc) is 2.88. The molecule has 0 saturated carbocycles. The fraction of sp³-hybridized carbons (Fsp3) is 0.600. The van der Waals surface area contributed by atoms with Crippen LogP contribution in [0.2, 0.25) is 10.0 Å². The highest BCUT2D eigenvalue weighted by molar-refractivity contribution is 6.42. The molecule has 2 atom stereocenters. The molecular weight excluding hydrogens is 293 g/mol. The summed E-state index contributed by atoms with van der Waals surface area (Å²) in [7, 11) is 4.29. The van der Waals surface area contributed by atoms with Gasteiger partial charge in [0.15, 0.2) is 0 Å². The van der Waals surface area contributed by atoms with Crippen molar-refractivity contribution in [3.63, 3.8) is 0 Å². The van der Waals surface area contributed by atoms with E-state index in [1.807, 2.05) is 12.1 Å². The van der Waals surface area contributed by atoms with Gasteiger partial charge in [0.1, 0.15) is 0 Å². The van der Waals surface area contributed by atoms with Crippen LogP contribution >= 0.6 is 23.2 Å². The van der Waals surface area contributed by atoms with Gasteiger partial charge in [0, 0.05) is 25.2 Å². The Morgan fingerprint density at radius 1 is 1.40 bits per heavy atom. The molecule has 5 heteroatoms. The van der Waals surface area contributed by atoms with Crippen LogP contribution in [0.5, 0.6) is 0 Å². The quantitative estimate of drug-likeness (QED) is 0.906. The van der Waals surface area contributed by atoms with Gasteiger partial charge in [0.05, 0.1) is 10.0 Å². The maximum absolute atomic E-state index is 6.26. The summed E-state index contributed by atoms with van der Waals surface area (Å²) in [6, 6.07) is 6.27. The molecule has 0 bridgehead atoms. The van der Waals surface area contributed by atoms with E-state index in [-0.39, 0.29) is 6.04 Å². The predicted molar refractivity (Wildman–Crippen MR) is 86.5 cm³/mol. The minimum absolute atomic E-state index is 0.0559. The highest BCUT2D eigenvalue weighted by Gasteiger charge is 2.24. The second kappa shape index (κ2) is 7.10. The SMILES string of the molecule is CN(C)C1CCN(CCC(N)c2cccc(Cl)c2Cl)C1. The van der Waals surface area contributed by atoms with Crippen molar-refractivity contribution in [1.29, 1.82) is 0 Å². The number of benzene rings is 1. The Morgan fingerprint density at radius 3 is 2.80 bits per heavy atom. The van der Waals surface area contributed by atoms with Crippen molar-refractivity contribution in [2.24, 2.45) is 5.73 Å². The fourth-order valence-electron chi connectivity index (χ4n) is 2.72. The van der Waals surface area contributed by atoms with E-state index in [0.29, 0.717) is 16.1 Å². The molecule has 3 nitrogen and oxygen atoms in total. The number of rotatable bonds is 5. The molecule has 1 saturated heterocycles. The summed E-state index contributed by atoms with van der Waals surface area (Å²) in [5, 5.41) is 1.17. The molecule has 112 valence electrons. The van der Waals surface area contributed by atoms with Gasteiger partial charge in [-0.15, -0.1) is 0 Å². The smallest absolute Gasteiger partial charge is 0.0640 e. The van der Waals surface area contributed by atoms with Gasteiger partial charge in [0.2, 0.25) is 0 Å². The van der Waals surface area contributed by atoms with Gasteiger partial charge in [-0.3, -0.25) is 0 Å². The first kappa shape index (κ1) is 16.1. The molecule has 0 amide bonds. The van der Waals surface area contributed by atoms with E-state index >= 15 is 0 Å². The van der Waals surface area contributed by atoms with Gasteiger partial charge in [-0.25, -0.2) is 0 Å². The summed E-state index contributed by atoms with van der Waals surface area (Å²) in [5.41, 5.74) is 7.20. The molecule has 2 N–H and O–H groups in total. The molecule has 20 heavy (non-hydrogen) atoms. The summed E-state index contributed by atoms with van der Waals surface area (Å²) in [6.07, 6.45) is 2.14. The topological polar surface area (TPSA) is 32.5 Å². The molecule has 2 rings (SSSR count). The molecule has 1 aliphatic rings. The minimum Gasteiger partial charge on any atom is -0.324 e. The molecule has 2 unspecified atom stereocenters. The van der Waals surface area contributed by atoms with Crippen LogP contribution in [-0.4, -0.2) is 49.6 Å². The first-order valence-electron chi connectivity index (χ1n) is 7.07. The van der Waals surface area contributed by atoms with Gasteiger partial charge in [0.25, 0.3) is 0 Å². The number of hydrogen-bond acceptors (Lipinski definition) is 3. The summed E-state index contributed by atoms with van der Waals surface area (Å²) in [5.74, 6) is 0. The molecule has 1 aliphatic heterocycles. The largest absolute Gasteiger partial charge is 0.324 e. The van der Waals surface area contributed by atoms with Gasteiger partial charge in [-0.05, 0) is 45.1 Å². The Morgan fingerprint density at radius 2 is 2.15 bits per heavy atom. The lowest BCUT2D eigenvalue weighted by Crippen LogP contribution is -2.32.